The summed E-state index contributed by atoms with van der Waals surface area (Å²) < 4.78 is 16.2. The van der Waals surface area contributed by atoms with Crippen molar-refractivity contribution in [2.45, 2.75) is 0 Å². The number of hydrogen-bond donors (Lipinski definition) is 2. The Balaban J connectivity index is 1.59. The number of para-hydroxylation sites is 1. The summed E-state index contributed by atoms with van der Waals surface area (Å²) in [5.74, 6) is -0.382. The number of allylic oxidation sites excluding steroid dienone is 1. The maximum absolute atomic E-state index is 13.5. The molecule has 0 aliphatic heterocycles. The molecule has 11 heteroatoms. The molecule has 0 atom stereocenters. The predicted octanol–water partition coefficient (Wildman–Crippen LogP) is 5.93. The average molecular weight is 608 g/mol. The quantitative estimate of drug-likeness (QED) is 0.0873. The van der Waals surface area contributed by atoms with Crippen LogP contribution in [0.3, 0.4) is 0 Å². The number of hydrogen-bond acceptors (Lipinski definition) is 8. The average Bonchev–Trinajstić information content (AvgIpc) is 3.07. The van der Waals surface area contributed by atoms with E-state index in [-0.39, 0.29) is 17.2 Å². The number of anilines is 1. The molecular weight excluding hydrogens is 578 g/mol. The Kier molecular flexibility index (Phi) is 10.4. The second-order valence-electron chi connectivity index (χ2n) is 9.37. The van der Waals surface area contributed by atoms with Gasteiger partial charge in [-0.1, -0.05) is 30.3 Å². The Morgan fingerprint density at radius 1 is 0.733 bits per heavy atom. The van der Waals surface area contributed by atoms with Crippen LogP contribution in [0, 0.1) is 10.1 Å². The maximum Gasteiger partial charge on any atom is 0.276 e. The Bertz CT molecular complexity index is 1780. The third kappa shape index (κ3) is 7.99. The first kappa shape index (κ1) is 31.7. The lowest BCUT2D eigenvalue weighted by atomic mass is 10.1. The fourth-order valence-corrected chi connectivity index (χ4v) is 4.24. The number of rotatable bonds is 12. The summed E-state index contributed by atoms with van der Waals surface area (Å²) >= 11 is 0. The van der Waals surface area contributed by atoms with Gasteiger partial charge in [-0.05, 0) is 66.8 Å². The molecule has 4 rings (SSSR count). The van der Waals surface area contributed by atoms with Gasteiger partial charge in [0.2, 0.25) is 0 Å². The SMILES string of the molecule is COc1cc(OC)c(OC)cc1/C=C(\NC(=O)c1ccccc1)C(=O)Nc1ccc(C(=O)/C=C/c2ccccc2[N+](=O)[O-])cc1. The van der Waals surface area contributed by atoms with Gasteiger partial charge in [-0.15, -0.1) is 0 Å². The highest BCUT2D eigenvalue weighted by molar-refractivity contribution is 6.11. The summed E-state index contributed by atoms with van der Waals surface area (Å²) in [5.41, 5.74) is 1.50. The molecule has 0 aliphatic carbocycles. The van der Waals surface area contributed by atoms with Crippen LogP contribution in [0.2, 0.25) is 0 Å². The first-order valence-corrected chi connectivity index (χ1v) is 13.5. The molecule has 0 aromatic heterocycles. The van der Waals surface area contributed by atoms with Crippen molar-refractivity contribution < 1.29 is 33.5 Å². The van der Waals surface area contributed by atoms with Gasteiger partial charge in [-0.25, -0.2) is 0 Å². The molecule has 0 radical (unpaired) electrons. The molecule has 2 amide bonds. The smallest absolute Gasteiger partial charge is 0.276 e. The van der Waals surface area contributed by atoms with Gasteiger partial charge in [0, 0.05) is 34.5 Å². The van der Waals surface area contributed by atoms with Crippen LogP contribution in [-0.2, 0) is 4.79 Å². The summed E-state index contributed by atoms with van der Waals surface area (Å²) in [6.45, 7) is 0. The van der Waals surface area contributed by atoms with Gasteiger partial charge in [0.15, 0.2) is 17.3 Å². The molecule has 0 spiro atoms. The Hall–Kier alpha value is -6.23. The molecule has 0 heterocycles. The highest BCUT2D eigenvalue weighted by Crippen LogP contribution is 2.35. The number of carbonyl (C=O) groups is 3. The number of methoxy groups -OCH3 is 3. The van der Waals surface area contributed by atoms with Gasteiger partial charge >= 0.3 is 0 Å². The number of nitrogens with one attached hydrogen (secondary N) is 2. The molecule has 0 bridgehead atoms. The summed E-state index contributed by atoms with van der Waals surface area (Å²) in [4.78, 5) is 50.0. The molecule has 4 aromatic carbocycles. The highest BCUT2D eigenvalue weighted by atomic mass is 16.6. The van der Waals surface area contributed by atoms with Crippen LogP contribution in [0.15, 0.2) is 103 Å². The number of nitro groups is 1. The van der Waals surface area contributed by atoms with E-state index < -0.39 is 16.7 Å². The van der Waals surface area contributed by atoms with E-state index in [1.165, 1.54) is 69.9 Å². The molecule has 228 valence electrons. The lowest BCUT2D eigenvalue weighted by Crippen LogP contribution is -2.30. The zero-order valence-corrected chi connectivity index (χ0v) is 24.6. The fourth-order valence-electron chi connectivity index (χ4n) is 4.24. The molecule has 0 saturated carbocycles. The number of ketones is 1. The van der Waals surface area contributed by atoms with Crippen LogP contribution in [0.5, 0.6) is 17.2 Å². The molecular formula is C34H29N3O8. The minimum Gasteiger partial charge on any atom is -0.496 e. The summed E-state index contributed by atoms with van der Waals surface area (Å²) in [7, 11) is 4.41. The van der Waals surface area contributed by atoms with Gasteiger partial charge in [-0.2, -0.15) is 0 Å². The van der Waals surface area contributed by atoms with Crippen LogP contribution in [0.4, 0.5) is 11.4 Å². The van der Waals surface area contributed by atoms with Crippen molar-refractivity contribution in [1.82, 2.24) is 5.32 Å². The van der Waals surface area contributed by atoms with E-state index in [9.17, 15) is 24.5 Å². The minimum atomic E-state index is -0.647. The number of carbonyl (C=O) groups excluding carboxylic acids is 3. The van der Waals surface area contributed by atoms with Crippen molar-refractivity contribution in [3.05, 3.63) is 135 Å². The molecule has 11 nitrogen and oxygen atoms in total. The zero-order valence-electron chi connectivity index (χ0n) is 24.6. The first-order chi connectivity index (χ1) is 21.7. The van der Waals surface area contributed by atoms with Crippen molar-refractivity contribution in [1.29, 1.82) is 0 Å². The second kappa shape index (κ2) is 14.8. The van der Waals surface area contributed by atoms with Gasteiger partial charge in [-0.3, -0.25) is 24.5 Å². The van der Waals surface area contributed by atoms with Crippen LogP contribution in [0.1, 0.15) is 31.8 Å². The molecule has 45 heavy (non-hydrogen) atoms. The largest absolute Gasteiger partial charge is 0.496 e. The van der Waals surface area contributed by atoms with Crippen molar-refractivity contribution in [3.63, 3.8) is 0 Å². The van der Waals surface area contributed by atoms with E-state index in [0.717, 1.165) is 0 Å². The molecule has 0 aliphatic rings. The standard InChI is InChI=1S/C34H29N3O8/c1-43-30-21-32(45-3)31(44-2)20-25(30)19-27(36-33(39)24-10-5-4-6-11-24)34(40)35-26-16-13-23(14-17-26)29(38)18-15-22-9-7-8-12-28(22)37(41)42/h4-21H,1-3H3,(H,35,40)(H,36,39)/b18-15+,27-19-. The predicted molar refractivity (Wildman–Crippen MR) is 170 cm³/mol. The van der Waals surface area contributed by atoms with Crippen molar-refractivity contribution in [3.8, 4) is 17.2 Å². The van der Waals surface area contributed by atoms with Gasteiger partial charge < -0.3 is 24.8 Å². The minimum absolute atomic E-state index is 0.0954. The maximum atomic E-state index is 13.5. The number of benzene rings is 4. The Morgan fingerprint density at radius 3 is 2.00 bits per heavy atom. The topological polar surface area (TPSA) is 146 Å². The van der Waals surface area contributed by atoms with Crippen LogP contribution >= 0.6 is 0 Å². The molecule has 2 N–H and O–H groups in total. The third-order valence-corrected chi connectivity index (χ3v) is 6.54. The molecule has 0 unspecified atom stereocenters. The Morgan fingerprint density at radius 2 is 1.36 bits per heavy atom. The van der Waals surface area contributed by atoms with Gasteiger partial charge in [0.05, 0.1) is 31.8 Å². The van der Waals surface area contributed by atoms with Crippen LogP contribution in [-0.4, -0.2) is 43.9 Å². The van der Waals surface area contributed by atoms with E-state index >= 15 is 0 Å². The first-order valence-electron chi connectivity index (χ1n) is 13.5. The highest BCUT2D eigenvalue weighted by Gasteiger charge is 2.18. The third-order valence-electron chi connectivity index (χ3n) is 6.54. The molecule has 4 aromatic rings. The number of amides is 2. The second-order valence-corrected chi connectivity index (χ2v) is 9.37. The number of nitrogens with zero attached hydrogens (tertiary/aromatic N) is 1. The summed E-state index contributed by atoms with van der Waals surface area (Å²) in [5, 5.41) is 16.6. The monoisotopic (exact) mass is 607 g/mol. The van der Waals surface area contributed by atoms with E-state index in [1.807, 2.05) is 0 Å². The summed E-state index contributed by atoms with van der Waals surface area (Å²) in [6.07, 6.45) is 4.07. The van der Waals surface area contributed by atoms with Crippen molar-refractivity contribution in [2.24, 2.45) is 0 Å². The van der Waals surface area contributed by atoms with Crippen LogP contribution in [0.25, 0.3) is 12.2 Å². The van der Waals surface area contributed by atoms with E-state index in [2.05, 4.69) is 10.6 Å². The van der Waals surface area contributed by atoms with Gasteiger partial charge in [0.1, 0.15) is 11.4 Å². The van der Waals surface area contributed by atoms with Gasteiger partial charge in [0.25, 0.3) is 17.5 Å². The lowest BCUT2D eigenvalue weighted by molar-refractivity contribution is -0.385. The van der Waals surface area contributed by atoms with E-state index in [1.54, 1.807) is 60.7 Å². The number of ether oxygens (including phenoxy) is 3. The van der Waals surface area contributed by atoms with Crippen molar-refractivity contribution >= 4 is 41.1 Å². The summed E-state index contributed by atoms with van der Waals surface area (Å²) in [6, 6.07) is 23.7. The molecule has 0 fully saturated rings. The Labute approximate surface area is 258 Å². The van der Waals surface area contributed by atoms with E-state index in [4.69, 9.17) is 14.2 Å². The lowest BCUT2D eigenvalue weighted by Gasteiger charge is -2.15. The zero-order chi connectivity index (χ0) is 32.3. The van der Waals surface area contributed by atoms with E-state index in [0.29, 0.717) is 45.2 Å². The number of nitro benzene ring substituents is 1. The van der Waals surface area contributed by atoms with Crippen molar-refractivity contribution in [2.75, 3.05) is 26.6 Å². The normalized spacial score (nSPS) is 11.0. The van der Waals surface area contributed by atoms with Crippen LogP contribution < -0.4 is 24.8 Å². The fraction of sp³-hybridized carbons (Fsp3) is 0.0882. The molecule has 0 saturated heterocycles.